The van der Waals surface area contributed by atoms with E-state index in [4.69, 9.17) is 10.5 Å². The summed E-state index contributed by atoms with van der Waals surface area (Å²) >= 11 is 0. The predicted molar refractivity (Wildman–Crippen MR) is 119 cm³/mol. The average molecular weight is 437 g/mol. The largest absolute Gasteiger partial charge is 0.487 e. The van der Waals surface area contributed by atoms with Gasteiger partial charge in [-0.15, -0.1) is 24.8 Å². The lowest BCUT2D eigenvalue weighted by atomic mass is 9.85. The van der Waals surface area contributed by atoms with Crippen molar-refractivity contribution in [2.24, 2.45) is 11.7 Å². The third-order valence-corrected chi connectivity index (χ3v) is 5.01. The van der Waals surface area contributed by atoms with Gasteiger partial charge in [-0.2, -0.15) is 0 Å². The first kappa shape index (κ1) is 23.0. The summed E-state index contributed by atoms with van der Waals surface area (Å²) in [5.41, 5.74) is 8.52. The number of imidazole rings is 1. The second-order valence-corrected chi connectivity index (χ2v) is 7.12. The summed E-state index contributed by atoms with van der Waals surface area (Å²) in [5, 5.41) is 2.99. The average Bonchev–Trinajstić information content (AvgIpc) is 3.10. The summed E-state index contributed by atoms with van der Waals surface area (Å²) in [6, 6.07) is 13.5. The van der Waals surface area contributed by atoms with Crippen molar-refractivity contribution in [3.63, 3.8) is 0 Å². The number of nitrogens with one attached hydrogen (secondary N) is 1. The lowest BCUT2D eigenvalue weighted by molar-refractivity contribution is -0.120. The number of aromatic nitrogens is 2. The number of carbonyl (C=O) groups is 1. The number of hydrogen-bond donors (Lipinski definition) is 2. The molecule has 6 nitrogen and oxygen atoms in total. The van der Waals surface area contributed by atoms with Gasteiger partial charge in [0.05, 0.1) is 5.69 Å². The van der Waals surface area contributed by atoms with Crippen molar-refractivity contribution in [2.45, 2.75) is 38.3 Å². The molecule has 1 amide bonds. The first-order valence-corrected chi connectivity index (χ1v) is 9.39. The van der Waals surface area contributed by atoms with E-state index < -0.39 is 0 Å². The third kappa shape index (κ3) is 5.85. The lowest BCUT2D eigenvalue weighted by Gasteiger charge is -2.25. The van der Waals surface area contributed by atoms with Crippen LogP contribution in [0.5, 0.6) is 5.75 Å². The summed E-state index contributed by atoms with van der Waals surface area (Å²) < 4.78 is 7.77. The molecule has 2 atom stereocenters. The molecule has 156 valence electrons. The van der Waals surface area contributed by atoms with E-state index in [0.717, 1.165) is 48.5 Å². The number of amides is 1. The van der Waals surface area contributed by atoms with Crippen molar-refractivity contribution in [3.05, 3.63) is 60.6 Å². The van der Waals surface area contributed by atoms with Crippen LogP contribution in [0.2, 0.25) is 0 Å². The molecule has 1 aliphatic rings. The number of ether oxygens (including phenoxy) is 1. The molecule has 1 aliphatic carbocycles. The van der Waals surface area contributed by atoms with Crippen molar-refractivity contribution in [1.82, 2.24) is 9.38 Å². The molecular weight excluding hydrogens is 411 g/mol. The highest BCUT2D eigenvalue weighted by Crippen LogP contribution is 2.25. The predicted octanol–water partition coefficient (Wildman–Crippen LogP) is 4.21. The van der Waals surface area contributed by atoms with Gasteiger partial charge in [0.1, 0.15) is 18.0 Å². The minimum atomic E-state index is 0. The van der Waals surface area contributed by atoms with Gasteiger partial charge in [-0.3, -0.25) is 4.79 Å². The van der Waals surface area contributed by atoms with Crippen molar-refractivity contribution >= 4 is 42.1 Å². The Morgan fingerprint density at radius 3 is 2.69 bits per heavy atom. The Kier molecular flexibility index (Phi) is 8.32. The monoisotopic (exact) mass is 436 g/mol. The number of carbonyl (C=O) groups excluding carboxylic acids is 1. The fourth-order valence-corrected chi connectivity index (χ4v) is 3.56. The van der Waals surface area contributed by atoms with Crippen molar-refractivity contribution < 1.29 is 9.53 Å². The van der Waals surface area contributed by atoms with E-state index in [0.29, 0.717) is 6.61 Å². The van der Waals surface area contributed by atoms with Crippen LogP contribution in [0.3, 0.4) is 0 Å². The molecule has 29 heavy (non-hydrogen) atoms. The molecule has 2 heterocycles. The Morgan fingerprint density at radius 1 is 1.17 bits per heavy atom. The van der Waals surface area contributed by atoms with Gasteiger partial charge < -0.3 is 20.2 Å². The Hall–Kier alpha value is -2.28. The Morgan fingerprint density at radius 2 is 1.97 bits per heavy atom. The fraction of sp³-hybridized carbons (Fsp3) is 0.333. The minimum absolute atomic E-state index is 0. The summed E-state index contributed by atoms with van der Waals surface area (Å²) in [6.07, 6.45) is 7.64. The molecule has 0 aliphatic heterocycles. The first-order valence-electron chi connectivity index (χ1n) is 9.39. The number of nitrogens with two attached hydrogens (primary N) is 1. The molecule has 2 unspecified atom stereocenters. The van der Waals surface area contributed by atoms with Crippen LogP contribution in [0.15, 0.2) is 54.9 Å². The highest BCUT2D eigenvalue weighted by molar-refractivity contribution is 5.92. The zero-order valence-electron chi connectivity index (χ0n) is 16.0. The Labute approximate surface area is 182 Å². The molecule has 0 radical (unpaired) electrons. The molecule has 4 rings (SSSR count). The molecule has 0 saturated heterocycles. The second kappa shape index (κ2) is 10.5. The van der Waals surface area contributed by atoms with Crippen molar-refractivity contribution in [3.8, 4) is 5.75 Å². The van der Waals surface area contributed by atoms with E-state index in [1.54, 1.807) is 0 Å². The SMILES string of the molecule is Cl.Cl.NC1CCCC(C(=O)Nc2ccc(OCc3cn4ccccc4n3)cc2)C1. The molecule has 0 spiro atoms. The molecule has 1 aromatic carbocycles. The second-order valence-electron chi connectivity index (χ2n) is 7.12. The quantitative estimate of drug-likeness (QED) is 0.627. The minimum Gasteiger partial charge on any atom is -0.487 e. The van der Waals surface area contributed by atoms with E-state index in [-0.39, 0.29) is 42.7 Å². The highest BCUT2D eigenvalue weighted by atomic mass is 35.5. The topological polar surface area (TPSA) is 81.7 Å². The van der Waals surface area contributed by atoms with Crippen LogP contribution >= 0.6 is 24.8 Å². The van der Waals surface area contributed by atoms with Crippen molar-refractivity contribution in [1.29, 1.82) is 0 Å². The van der Waals surface area contributed by atoms with Gasteiger partial charge in [0.2, 0.25) is 5.91 Å². The molecule has 0 bridgehead atoms. The van der Waals surface area contributed by atoms with E-state index >= 15 is 0 Å². The number of nitrogens with zero attached hydrogens (tertiary/aromatic N) is 2. The molecule has 8 heteroatoms. The smallest absolute Gasteiger partial charge is 0.227 e. The van der Waals surface area contributed by atoms with E-state index in [9.17, 15) is 4.79 Å². The van der Waals surface area contributed by atoms with Crippen LogP contribution in [0.1, 0.15) is 31.4 Å². The molecule has 3 N–H and O–H groups in total. The van der Waals surface area contributed by atoms with Crippen LogP contribution < -0.4 is 15.8 Å². The lowest BCUT2D eigenvalue weighted by Crippen LogP contribution is -2.34. The Bertz CT molecular complexity index is 897. The van der Waals surface area contributed by atoms with Crippen LogP contribution in [-0.2, 0) is 11.4 Å². The van der Waals surface area contributed by atoms with E-state index in [1.807, 2.05) is 59.3 Å². The van der Waals surface area contributed by atoms with E-state index in [2.05, 4.69) is 10.3 Å². The van der Waals surface area contributed by atoms with Gasteiger partial charge in [-0.1, -0.05) is 12.5 Å². The van der Waals surface area contributed by atoms with Crippen LogP contribution in [-0.4, -0.2) is 21.3 Å². The highest BCUT2D eigenvalue weighted by Gasteiger charge is 2.25. The van der Waals surface area contributed by atoms with Crippen LogP contribution in [0.4, 0.5) is 5.69 Å². The zero-order valence-corrected chi connectivity index (χ0v) is 17.6. The van der Waals surface area contributed by atoms with Gasteiger partial charge in [-0.25, -0.2) is 4.98 Å². The standard InChI is InChI=1S/C21H24N4O2.2ClH/c22-16-5-3-4-15(12-16)21(26)24-17-7-9-19(10-8-17)27-14-18-13-25-11-2-1-6-20(25)23-18;;/h1-2,6-11,13,15-16H,3-5,12,14,22H2,(H,24,26);2*1H. The number of fused-ring (bicyclic) bond motifs is 1. The summed E-state index contributed by atoms with van der Waals surface area (Å²) in [5.74, 6) is 0.813. The fourth-order valence-electron chi connectivity index (χ4n) is 3.56. The molecule has 2 aromatic heterocycles. The number of benzene rings is 1. The normalized spacial score (nSPS) is 18.4. The number of halogens is 2. The van der Waals surface area contributed by atoms with Gasteiger partial charge in [0, 0.05) is 30.0 Å². The molecule has 1 saturated carbocycles. The third-order valence-electron chi connectivity index (χ3n) is 5.01. The van der Waals surface area contributed by atoms with Gasteiger partial charge in [0.15, 0.2) is 0 Å². The number of hydrogen-bond acceptors (Lipinski definition) is 4. The number of pyridine rings is 1. The maximum atomic E-state index is 12.4. The number of anilines is 1. The zero-order chi connectivity index (χ0) is 18.6. The molecule has 1 fully saturated rings. The summed E-state index contributed by atoms with van der Waals surface area (Å²) in [4.78, 5) is 16.9. The van der Waals surface area contributed by atoms with Crippen molar-refractivity contribution in [2.75, 3.05) is 5.32 Å². The van der Waals surface area contributed by atoms with Crippen LogP contribution in [0, 0.1) is 5.92 Å². The first-order chi connectivity index (χ1) is 13.2. The Balaban J connectivity index is 0.00000150. The maximum Gasteiger partial charge on any atom is 0.227 e. The summed E-state index contributed by atoms with van der Waals surface area (Å²) in [6.45, 7) is 0.396. The van der Waals surface area contributed by atoms with E-state index in [1.165, 1.54) is 0 Å². The van der Waals surface area contributed by atoms with Gasteiger partial charge in [-0.05, 0) is 55.7 Å². The van der Waals surface area contributed by atoms with Gasteiger partial charge in [0.25, 0.3) is 0 Å². The molecule has 3 aromatic rings. The molecular formula is C21H26Cl2N4O2. The summed E-state index contributed by atoms with van der Waals surface area (Å²) in [7, 11) is 0. The maximum absolute atomic E-state index is 12.4. The van der Waals surface area contributed by atoms with Gasteiger partial charge >= 0.3 is 0 Å². The number of rotatable bonds is 5. The van der Waals surface area contributed by atoms with Crippen LogP contribution in [0.25, 0.3) is 5.65 Å².